The van der Waals surface area contributed by atoms with Gasteiger partial charge in [-0.05, 0) is 64.5 Å². The van der Waals surface area contributed by atoms with Crippen molar-refractivity contribution in [2.24, 2.45) is 5.41 Å². The summed E-state index contributed by atoms with van der Waals surface area (Å²) in [5.41, 5.74) is 5.89. The van der Waals surface area contributed by atoms with Crippen molar-refractivity contribution in [2.75, 3.05) is 0 Å². The molecule has 1 aliphatic carbocycles. The molecule has 190 valence electrons. The maximum absolute atomic E-state index is 12.6. The number of rotatable bonds is 10. The molecule has 0 fully saturated rings. The highest BCUT2D eigenvalue weighted by atomic mass is 31.2. The van der Waals surface area contributed by atoms with Crippen LogP contribution in [0.1, 0.15) is 61.8 Å². The normalized spacial score (nSPS) is 20.5. The molecule has 0 aromatic rings. The van der Waals surface area contributed by atoms with Crippen LogP contribution in [-0.4, -0.2) is 21.7 Å². The van der Waals surface area contributed by atoms with Crippen molar-refractivity contribution in [1.29, 1.82) is 0 Å². The van der Waals surface area contributed by atoms with Crippen molar-refractivity contribution >= 4 is 14.4 Å². The molecular formula is C30H41O4P. The number of carbonyl (C=O) groups excluding carboxylic acids is 1. The maximum Gasteiger partial charge on any atom is 0.327 e. The van der Waals surface area contributed by atoms with Crippen LogP contribution >= 0.6 is 8.60 Å². The third kappa shape index (κ3) is 11.7. The number of carbonyl (C=O) groups is 1. The predicted octanol–water partition coefficient (Wildman–Crippen LogP) is 7.93. The van der Waals surface area contributed by atoms with Gasteiger partial charge in [-0.25, -0.2) is 0 Å². The first-order valence-corrected chi connectivity index (χ1v) is 13.0. The van der Waals surface area contributed by atoms with E-state index in [1.54, 1.807) is 6.92 Å². The minimum absolute atomic E-state index is 0.191. The summed E-state index contributed by atoms with van der Waals surface area (Å²) in [5, 5.41) is 0. The summed E-state index contributed by atoms with van der Waals surface area (Å²) in [5.74, 6) is -0.191. The largest absolute Gasteiger partial charge is 0.328 e. The van der Waals surface area contributed by atoms with Gasteiger partial charge in [0.15, 0.2) is 5.78 Å². The highest BCUT2D eigenvalue weighted by Gasteiger charge is 2.39. The van der Waals surface area contributed by atoms with Crippen LogP contribution in [0.2, 0.25) is 0 Å². The van der Waals surface area contributed by atoms with Crippen molar-refractivity contribution in [1.82, 2.24) is 0 Å². The fourth-order valence-corrected chi connectivity index (χ4v) is 4.04. The molecule has 1 atom stereocenters. The molecule has 0 saturated carbocycles. The van der Waals surface area contributed by atoms with Gasteiger partial charge in [-0.3, -0.25) is 4.79 Å². The van der Waals surface area contributed by atoms with Gasteiger partial charge in [0.05, 0.1) is 0 Å². The second-order valence-electron chi connectivity index (χ2n) is 9.75. The Morgan fingerprint density at radius 2 is 1.34 bits per heavy atom. The Hall–Kier alpha value is -2.36. The number of hydrogen-bond donors (Lipinski definition) is 2. The summed E-state index contributed by atoms with van der Waals surface area (Å²) < 4.78 is 5.06. The zero-order valence-corrected chi connectivity index (χ0v) is 23.3. The Morgan fingerprint density at radius 3 is 1.86 bits per heavy atom. The summed E-state index contributed by atoms with van der Waals surface area (Å²) >= 11 is 0. The summed E-state index contributed by atoms with van der Waals surface area (Å²) in [6.45, 7) is 16.1. The predicted molar refractivity (Wildman–Crippen MR) is 150 cm³/mol. The Labute approximate surface area is 213 Å². The molecule has 4 nitrogen and oxygen atoms in total. The molecule has 0 spiro atoms. The van der Waals surface area contributed by atoms with Crippen molar-refractivity contribution in [3.63, 3.8) is 0 Å². The van der Waals surface area contributed by atoms with Crippen molar-refractivity contribution in [2.45, 2.75) is 67.9 Å². The molecule has 0 aliphatic heterocycles. The van der Waals surface area contributed by atoms with Gasteiger partial charge >= 0.3 is 8.60 Å². The van der Waals surface area contributed by atoms with E-state index in [1.807, 2.05) is 57.2 Å². The summed E-state index contributed by atoms with van der Waals surface area (Å²) in [6, 6.07) is 0. The molecule has 1 unspecified atom stereocenters. The standard InChI is InChI=1S/C30H41O4P/c1-22(2)13-11-16-23(3)14-9-10-15-24(4)17-12-18-25(5)19-20-27-26(6)29(31)28(34-35(32)33)21-30(27,7)8/h9-20,28,32-33H,21H2,1-8H3/b10-9+,16-11+,17-12+,20-19+,23-14+,24-15+,25-18+. The maximum atomic E-state index is 12.6. The molecule has 0 heterocycles. The van der Waals surface area contributed by atoms with E-state index >= 15 is 0 Å². The molecule has 1 aliphatic rings. The third-order valence-electron chi connectivity index (χ3n) is 5.56. The van der Waals surface area contributed by atoms with Crippen molar-refractivity contribution in [3.8, 4) is 0 Å². The first-order valence-electron chi connectivity index (χ1n) is 11.8. The van der Waals surface area contributed by atoms with Crippen LogP contribution in [0.25, 0.3) is 0 Å². The minimum Gasteiger partial charge on any atom is -0.328 e. The van der Waals surface area contributed by atoms with Gasteiger partial charge in [0.2, 0.25) is 0 Å². The van der Waals surface area contributed by atoms with Gasteiger partial charge < -0.3 is 14.3 Å². The molecule has 0 aromatic carbocycles. The monoisotopic (exact) mass is 496 g/mol. The lowest BCUT2D eigenvalue weighted by Gasteiger charge is -2.36. The van der Waals surface area contributed by atoms with E-state index in [1.165, 1.54) is 11.1 Å². The van der Waals surface area contributed by atoms with Gasteiger partial charge in [0.25, 0.3) is 0 Å². The Balaban J connectivity index is 2.81. The highest BCUT2D eigenvalue weighted by Crippen LogP contribution is 2.43. The van der Waals surface area contributed by atoms with Crippen LogP contribution in [0.15, 0.2) is 106 Å². The lowest BCUT2D eigenvalue weighted by molar-refractivity contribution is -0.124. The summed E-state index contributed by atoms with van der Waals surface area (Å²) in [7, 11) is -2.56. The van der Waals surface area contributed by atoms with Gasteiger partial charge in [0, 0.05) is 0 Å². The lowest BCUT2D eigenvalue weighted by Crippen LogP contribution is -2.36. The van der Waals surface area contributed by atoms with Gasteiger partial charge in [-0.2, -0.15) is 0 Å². The molecule has 0 bridgehead atoms. The first-order chi connectivity index (χ1) is 16.3. The first kappa shape index (κ1) is 30.7. The molecule has 0 amide bonds. The lowest BCUT2D eigenvalue weighted by atomic mass is 9.71. The Kier molecular flexibility index (Phi) is 13.1. The smallest absolute Gasteiger partial charge is 0.327 e. The number of allylic oxidation sites excluding steroid dienone is 17. The topological polar surface area (TPSA) is 66.8 Å². The molecule has 0 aromatic heterocycles. The van der Waals surface area contributed by atoms with Gasteiger partial charge in [0.1, 0.15) is 6.10 Å². The zero-order valence-electron chi connectivity index (χ0n) is 22.4. The van der Waals surface area contributed by atoms with E-state index in [9.17, 15) is 4.79 Å². The van der Waals surface area contributed by atoms with E-state index < -0.39 is 14.7 Å². The van der Waals surface area contributed by atoms with E-state index in [0.717, 1.165) is 16.7 Å². The van der Waals surface area contributed by atoms with Crippen LogP contribution in [0.4, 0.5) is 0 Å². The van der Waals surface area contributed by atoms with E-state index in [2.05, 4.69) is 64.2 Å². The zero-order chi connectivity index (χ0) is 26.6. The quantitative estimate of drug-likeness (QED) is 0.238. The van der Waals surface area contributed by atoms with Crippen molar-refractivity contribution in [3.05, 3.63) is 106 Å². The third-order valence-corrected chi connectivity index (χ3v) is 6.00. The molecule has 0 radical (unpaired) electrons. The Bertz CT molecular complexity index is 1020. The fraction of sp³-hybridized carbons (Fsp3) is 0.367. The van der Waals surface area contributed by atoms with Crippen LogP contribution in [0, 0.1) is 5.41 Å². The number of ketones is 1. The number of hydrogen-bond acceptors (Lipinski definition) is 4. The molecule has 35 heavy (non-hydrogen) atoms. The van der Waals surface area contributed by atoms with Crippen LogP contribution < -0.4 is 0 Å². The van der Waals surface area contributed by atoms with Crippen LogP contribution in [0.3, 0.4) is 0 Å². The van der Waals surface area contributed by atoms with E-state index in [0.29, 0.717) is 12.0 Å². The molecule has 0 saturated heterocycles. The van der Waals surface area contributed by atoms with Crippen LogP contribution in [-0.2, 0) is 9.32 Å². The second-order valence-corrected chi connectivity index (χ2v) is 10.5. The molecule has 1 rings (SSSR count). The summed E-state index contributed by atoms with van der Waals surface area (Å²) in [4.78, 5) is 30.9. The minimum atomic E-state index is -2.56. The summed E-state index contributed by atoms with van der Waals surface area (Å²) in [6.07, 6.45) is 24.1. The average molecular weight is 497 g/mol. The molecular weight excluding hydrogens is 455 g/mol. The fourth-order valence-electron chi connectivity index (χ4n) is 3.64. The Morgan fingerprint density at radius 1 is 0.857 bits per heavy atom. The highest BCUT2D eigenvalue weighted by molar-refractivity contribution is 7.39. The molecule has 5 heteroatoms. The molecule has 2 N–H and O–H groups in total. The van der Waals surface area contributed by atoms with E-state index in [-0.39, 0.29) is 11.2 Å². The second kappa shape index (κ2) is 14.9. The van der Waals surface area contributed by atoms with Crippen molar-refractivity contribution < 1.29 is 19.1 Å². The van der Waals surface area contributed by atoms with Gasteiger partial charge in [-0.1, -0.05) is 109 Å². The average Bonchev–Trinajstić information content (AvgIpc) is 2.74. The van der Waals surface area contributed by atoms with E-state index in [4.69, 9.17) is 14.3 Å². The van der Waals surface area contributed by atoms with Gasteiger partial charge in [-0.15, -0.1) is 0 Å². The van der Waals surface area contributed by atoms with Crippen LogP contribution in [0.5, 0.6) is 0 Å². The number of Topliss-reactive ketones (excluding diaryl/α,β-unsaturated/α-hetero) is 1. The SMILES string of the molecule is CC(C)=C/C=C/C(C)=C/C=C/C=C(C)/C=C/C=C(C)/C=C/C1=C(C)C(=O)C(OP(O)O)CC1(C)C.